The summed E-state index contributed by atoms with van der Waals surface area (Å²) in [5.41, 5.74) is 0. The Bertz CT molecular complexity index is 437. The first kappa shape index (κ1) is 15.2. The molecule has 1 aromatic rings. The monoisotopic (exact) mass is 298 g/mol. The van der Waals surface area contributed by atoms with Crippen molar-refractivity contribution in [3.05, 3.63) is 23.5 Å². The molecule has 0 radical (unpaired) electrons. The molecule has 0 unspecified atom stereocenters. The first-order valence-electron chi connectivity index (χ1n) is 5.09. The maximum atomic E-state index is 13.3. The van der Waals surface area contributed by atoms with Gasteiger partial charge in [-0.05, 0) is 13.8 Å². The third kappa shape index (κ3) is 3.11. The molecule has 0 saturated heterocycles. The van der Waals surface area contributed by atoms with Gasteiger partial charge >= 0.3 is 0 Å². The highest BCUT2D eigenvalue weighted by atomic mass is 32.2. The van der Waals surface area contributed by atoms with Gasteiger partial charge in [0.25, 0.3) is 11.9 Å². The van der Waals surface area contributed by atoms with Crippen molar-refractivity contribution in [2.75, 3.05) is 13.1 Å². The number of thioether (sulfide) groups is 1. The second-order valence-corrected chi connectivity index (χ2v) is 4.83. The zero-order chi connectivity index (χ0) is 13.9. The summed E-state index contributed by atoms with van der Waals surface area (Å²) in [5.74, 6) is -6.43. The maximum Gasteiger partial charge on any atom is 0.252 e. The Balaban J connectivity index is 3.08. The first-order valence-corrected chi connectivity index (χ1v) is 6.31. The molecule has 1 heterocycles. The van der Waals surface area contributed by atoms with Crippen LogP contribution in [0.5, 0.6) is 0 Å². The molecule has 100 valence electrons. The van der Waals surface area contributed by atoms with E-state index >= 15 is 0 Å². The van der Waals surface area contributed by atoms with Gasteiger partial charge in [-0.25, -0.2) is 8.78 Å². The molecule has 2 nitrogen and oxygen atoms in total. The summed E-state index contributed by atoms with van der Waals surface area (Å²) in [4.78, 5) is 3.30. The highest BCUT2D eigenvalue weighted by Gasteiger charge is 2.23. The number of nitrogens with zero attached hydrogens (tertiary/aromatic N) is 2. The van der Waals surface area contributed by atoms with Crippen LogP contribution in [0.2, 0.25) is 0 Å². The molecule has 0 aliphatic rings. The molecule has 18 heavy (non-hydrogen) atoms. The molecule has 1 aromatic heterocycles. The number of hydrogen-bond donors (Lipinski definition) is 0. The maximum absolute atomic E-state index is 13.3. The topological polar surface area (TPSA) is 16.1 Å². The number of halogens is 4. The van der Waals surface area contributed by atoms with E-state index in [1.165, 1.54) is 0 Å². The summed E-state index contributed by atoms with van der Waals surface area (Å²) in [5, 5.41) is 0. The lowest BCUT2D eigenvalue weighted by atomic mass is 10.4. The molecule has 0 bridgehead atoms. The molecule has 0 aliphatic carbocycles. The summed E-state index contributed by atoms with van der Waals surface area (Å²) < 4.78 is 52.5. The Kier molecular flexibility index (Phi) is 5.33. The highest BCUT2D eigenvalue weighted by Crippen LogP contribution is 2.29. The van der Waals surface area contributed by atoms with E-state index in [0.29, 0.717) is 24.9 Å². The first-order chi connectivity index (χ1) is 8.42. The van der Waals surface area contributed by atoms with Gasteiger partial charge in [0.2, 0.25) is 0 Å². The molecule has 0 spiro atoms. The van der Waals surface area contributed by atoms with Crippen LogP contribution in [-0.4, -0.2) is 27.3 Å². The largest absolute Gasteiger partial charge is 0.358 e. The van der Waals surface area contributed by atoms with E-state index in [9.17, 15) is 17.6 Å². The van der Waals surface area contributed by atoms with Crippen molar-refractivity contribution < 1.29 is 17.6 Å². The van der Waals surface area contributed by atoms with E-state index in [1.54, 1.807) is 18.7 Å². The van der Waals surface area contributed by atoms with Gasteiger partial charge in [-0.2, -0.15) is 13.8 Å². The van der Waals surface area contributed by atoms with Gasteiger partial charge in [0.1, 0.15) is 4.32 Å². The summed E-state index contributed by atoms with van der Waals surface area (Å²) in [6, 6.07) is 0. The van der Waals surface area contributed by atoms with Crippen molar-refractivity contribution in [1.82, 2.24) is 9.88 Å². The van der Waals surface area contributed by atoms with Crippen molar-refractivity contribution >= 4 is 28.3 Å². The standard InChI is InChI=1S/C10H10F4N2S2/c1-3-16(4-2)10(17)18-7-5(11)8(13)15-9(14)6(7)12/h3-4H2,1-2H3. The fourth-order valence-corrected chi connectivity index (χ4v) is 2.61. The van der Waals surface area contributed by atoms with Crippen LogP contribution in [-0.2, 0) is 0 Å². The normalized spacial score (nSPS) is 10.6. The second kappa shape index (κ2) is 6.33. The van der Waals surface area contributed by atoms with Gasteiger partial charge < -0.3 is 4.90 Å². The Labute approximate surface area is 111 Å². The molecule has 0 aromatic carbocycles. The van der Waals surface area contributed by atoms with Gasteiger partial charge in [-0.1, -0.05) is 24.0 Å². The van der Waals surface area contributed by atoms with Gasteiger partial charge in [-0.15, -0.1) is 0 Å². The fourth-order valence-electron chi connectivity index (χ4n) is 1.19. The molecule has 0 fully saturated rings. The molecule has 0 aliphatic heterocycles. The average Bonchev–Trinajstić information content (AvgIpc) is 2.33. The summed E-state index contributed by atoms with van der Waals surface area (Å²) in [7, 11) is 0. The van der Waals surface area contributed by atoms with Crippen LogP contribution in [0.25, 0.3) is 0 Å². The predicted molar refractivity (Wildman–Crippen MR) is 65.4 cm³/mol. The van der Waals surface area contributed by atoms with Crippen LogP contribution in [0, 0.1) is 23.5 Å². The number of pyridine rings is 1. The fraction of sp³-hybridized carbons (Fsp3) is 0.400. The molecule has 0 amide bonds. The van der Waals surface area contributed by atoms with Crippen molar-refractivity contribution in [3.8, 4) is 0 Å². The second-order valence-electron chi connectivity index (χ2n) is 3.19. The molecule has 0 N–H and O–H groups in total. The lowest BCUT2D eigenvalue weighted by molar-refractivity contribution is 0.383. The highest BCUT2D eigenvalue weighted by molar-refractivity contribution is 8.22. The quantitative estimate of drug-likeness (QED) is 0.368. The Hall–Kier alpha value is -0.890. The molecular weight excluding hydrogens is 288 g/mol. The van der Waals surface area contributed by atoms with E-state index in [4.69, 9.17) is 12.2 Å². The van der Waals surface area contributed by atoms with Crippen LogP contribution in [0.3, 0.4) is 0 Å². The Morgan fingerprint density at radius 2 is 1.56 bits per heavy atom. The van der Waals surface area contributed by atoms with E-state index in [0.717, 1.165) is 0 Å². The van der Waals surface area contributed by atoms with Crippen LogP contribution < -0.4 is 0 Å². The van der Waals surface area contributed by atoms with Crippen molar-refractivity contribution in [2.24, 2.45) is 0 Å². The van der Waals surface area contributed by atoms with Gasteiger partial charge in [0, 0.05) is 13.1 Å². The zero-order valence-corrected chi connectivity index (χ0v) is 11.3. The Morgan fingerprint density at radius 1 is 1.11 bits per heavy atom. The van der Waals surface area contributed by atoms with E-state index < -0.39 is 28.4 Å². The molecule has 0 atom stereocenters. The lowest BCUT2D eigenvalue weighted by Gasteiger charge is -2.21. The number of aromatic nitrogens is 1. The van der Waals surface area contributed by atoms with Crippen LogP contribution in [0.15, 0.2) is 4.90 Å². The lowest BCUT2D eigenvalue weighted by Crippen LogP contribution is -2.26. The summed E-state index contributed by atoms with van der Waals surface area (Å²) >= 11 is 5.42. The third-order valence-electron chi connectivity index (χ3n) is 2.17. The van der Waals surface area contributed by atoms with E-state index in [-0.39, 0.29) is 4.32 Å². The van der Waals surface area contributed by atoms with Crippen molar-refractivity contribution in [3.63, 3.8) is 0 Å². The zero-order valence-electron chi connectivity index (χ0n) is 9.64. The molecular formula is C10H10F4N2S2. The van der Waals surface area contributed by atoms with Gasteiger partial charge in [0.15, 0.2) is 11.6 Å². The summed E-state index contributed by atoms with van der Waals surface area (Å²) in [6.07, 6.45) is 0. The van der Waals surface area contributed by atoms with E-state index in [1.807, 2.05) is 0 Å². The smallest absolute Gasteiger partial charge is 0.252 e. The third-order valence-corrected chi connectivity index (χ3v) is 3.67. The van der Waals surface area contributed by atoms with Crippen LogP contribution in [0.1, 0.15) is 13.8 Å². The number of thiocarbonyl (C=S) groups is 1. The van der Waals surface area contributed by atoms with Crippen LogP contribution in [0.4, 0.5) is 17.6 Å². The minimum Gasteiger partial charge on any atom is -0.358 e. The van der Waals surface area contributed by atoms with E-state index in [2.05, 4.69) is 4.98 Å². The Morgan fingerprint density at radius 3 is 1.94 bits per heavy atom. The predicted octanol–water partition coefficient (Wildman–Crippen LogP) is 3.36. The average molecular weight is 298 g/mol. The van der Waals surface area contributed by atoms with Gasteiger partial charge in [0.05, 0.1) is 4.90 Å². The van der Waals surface area contributed by atoms with Crippen LogP contribution >= 0.6 is 24.0 Å². The molecule has 8 heteroatoms. The van der Waals surface area contributed by atoms with Crippen molar-refractivity contribution in [1.29, 1.82) is 0 Å². The number of rotatable bonds is 3. The summed E-state index contributed by atoms with van der Waals surface area (Å²) in [6.45, 7) is 4.66. The SMILES string of the molecule is CCN(CC)C(=S)Sc1c(F)c(F)nc(F)c1F. The minimum atomic E-state index is -1.68. The molecule has 1 rings (SSSR count). The minimum absolute atomic E-state index is 0.141. The molecule has 0 saturated carbocycles. The number of hydrogen-bond acceptors (Lipinski definition) is 3. The van der Waals surface area contributed by atoms with Crippen molar-refractivity contribution in [2.45, 2.75) is 18.7 Å². The van der Waals surface area contributed by atoms with Gasteiger partial charge in [-0.3, -0.25) is 0 Å².